The standard InChI is InChI=1S/C28H32FN3O5S/c1-21(37-24-6-4-3-5-7-24)28(33)32-18-16-31(17-19-32)26-20-25(12-13-27(26)36-2)38(34,35)30-15-14-22-8-10-23(29)11-9-22/h3-13,20-21,30H,14-19H2,1-2H3/t21-/m1/s1. The Kier molecular flexibility index (Phi) is 8.85. The Balaban J connectivity index is 1.38. The van der Waals surface area contributed by atoms with Crippen molar-refractivity contribution in [3.63, 3.8) is 0 Å². The quantitative estimate of drug-likeness (QED) is 0.423. The number of benzene rings is 3. The summed E-state index contributed by atoms with van der Waals surface area (Å²) in [6, 6.07) is 19.9. The van der Waals surface area contributed by atoms with Gasteiger partial charge in [0.05, 0.1) is 17.7 Å². The smallest absolute Gasteiger partial charge is 0.263 e. The van der Waals surface area contributed by atoms with Crippen LogP contribution < -0.4 is 19.1 Å². The number of hydrogen-bond donors (Lipinski definition) is 1. The Bertz CT molecular complexity index is 1330. The van der Waals surface area contributed by atoms with E-state index in [2.05, 4.69) is 4.72 Å². The highest BCUT2D eigenvalue weighted by molar-refractivity contribution is 7.89. The molecule has 0 aliphatic carbocycles. The summed E-state index contributed by atoms with van der Waals surface area (Å²) in [5, 5.41) is 0. The van der Waals surface area contributed by atoms with Crippen LogP contribution in [-0.4, -0.2) is 65.2 Å². The summed E-state index contributed by atoms with van der Waals surface area (Å²) < 4.78 is 53.0. The first-order valence-electron chi connectivity index (χ1n) is 12.4. The van der Waals surface area contributed by atoms with Gasteiger partial charge in [0, 0.05) is 32.7 Å². The number of hydrogen-bond acceptors (Lipinski definition) is 6. The second-order valence-corrected chi connectivity index (χ2v) is 10.8. The lowest BCUT2D eigenvalue weighted by molar-refractivity contribution is -0.138. The molecule has 1 aliphatic heterocycles. The molecule has 8 nitrogen and oxygen atoms in total. The van der Waals surface area contributed by atoms with Crippen LogP contribution in [-0.2, 0) is 21.2 Å². The second kappa shape index (κ2) is 12.3. The van der Waals surface area contributed by atoms with Gasteiger partial charge in [-0.2, -0.15) is 0 Å². The molecule has 0 aromatic heterocycles. The molecule has 1 fully saturated rings. The Morgan fingerprint density at radius 2 is 1.68 bits per heavy atom. The van der Waals surface area contributed by atoms with Gasteiger partial charge >= 0.3 is 0 Å². The van der Waals surface area contributed by atoms with E-state index in [1.807, 2.05) is 35.2 Å². The van der Waals surface area contributed by atoms with Crippen LogP contribution in [0.2, 0.25) is 0 Å². The largest absolute Gasteiger partial charge is 0.495 e. The molecule has 0 spiro atoms. The van der Waals surface area contributed by atoms with Crippen LogP contribution >= 0.6 is 0 Å². The Morgan fingerprint density at radius 1 is 1.00 bits per heavy atom. The Labute approximate surface area is 223 Å². The molecule has 1 saturated heterocycles. The van der Waals surface area contributed by atoms with Crippen LogP contribution in [0.1, 0.15) is 12.5 Å². The maximum absolute atomic E-state index is 13.1. The number of para-hydroxylation sites is 1. The molecular formula is C28H32FN3O5S. The van der Waals surface area contributed by atoms with Crippen LogP contribution in [0, 0.1) is 5.82 Å². The zero-order chi connectivity index (χ0) is 27.1. The molecule has 1 N–H and O–H groups in total. The summed E-state index contributed by atoms with van der Waals surface area (Å²) in [7, 11) is -2.24. The third-order valence-corrected chi connectivity index (χ3v) is 7.87. The number of sulfonamides is 1. The van der Waals surface area contributed by atoms with Crippen LogP contribution in [0.4, 0.5) is 10.1 Å². The van der Waals surface area contributed by atoms with Crippen molar-refractivity contribution in [3.05, 3.63) is 84.2 Å². The second-order valence-electron chi connectivity index (χ2n) is 8.99. The number of ether oxygens (including phenoxy) is 2. The van der Waals surface area contributed by atoms with Crippen molar-refractivity contribution in [1.29, 1.82) is 0 Å². The average Bonchev–Trinajstić information content (AvgIpc) is 2.94. The van der Waals surface area contributed by atoms with E-state index in [-0.39, 0.29) is 23.2 Å². The normalized spacial score (nSPS) is 14.7. The minimum absolute atomic E-state index is 0.0952. The molecule has 3 aromatic carbocycles. The van der Waals surface area contributed by atoms with Crippen molar-refractivity contribution < 1.29 is 27.1 Å². The van der Waals surface area contributed by atoms with E-state index >= 15 is 0 Å². The minimum atomic E-state index is -3.78. The minimum Gasteiger partial charge on any atom is -0.495 e. The van der Waals surface area contributed by atoms with Gasteiger partial charge in [-0.15, -0.1) is 0 Å². The number of piperazine rings is 1. The van der Waals surface area contributed by atoms with Crippen LogP contribution in [0.15, 0.2) is 77.7 Å². The van der Waals surface area contributed by atoms with Crippen molar-refractivity contribution in [3.8, 4) is 11.5 Å². The molecule has 0 unspecified atom stereocenters. The van der Waals surface area contributed by atoms with Gasteiger partial charge in [0.15, 0.2) is 6.10 Å². The topological polar surface area (TPSA) is 88.2 Å². The predicted octanol–water partition coefficient (Wildman–Crippen LogP) is 3.47. The first-order valence-corrected chi connectivity index (χ1v) is 13.9. The molecule has 0 bridgehead atoms. The summed E-state index contributed by atoms with van der Waals surface area (Å²) in [5.74, 6) is 0.763. The van der Waals surface area contributed by atoms with Gasteiger partial charge < -0.3 is 19.3 Å². The maximum atomic E-state index is 13.1. The van der Waals surface area contributed by atoms with Crippen LogP contribution in [0.25, 0.3) is 0 Å². The fourth-order valence-corrected chi connectivity index (χ4v) is 5.38. The van der Waals surface area contributed by atoms with Crippen molar-refractivity contribution >= 4 is 21.6 Å². The number of rotatable bonds is 10. The van der Waals surface area contributed by atoms with Gasteiger partial charge in [-0.3, -0.25) is 4.79 Å². The zero-order valence-electron chi connectivity index (χ0n) is 21.5. The fraction of sp³-hybridized carbons (Fsp3) is 0.321. The number of nitrogens with one attached hydrogen (secondary N) is 1. The molecular weight excluding hydrogens is 509 g/mol. The van der Waals surface area contributed by atoms with Gasteiger partial charge in [0.2, 0.25) is 10.0 Å². The molecule has 10 heteroatoms. The Hall–Kier alpha value is -3.63. The molecule has 1 heterocycles. The van der Waals surface area contributed by atoms with Crippen LogP contribution in [0.3, 0.4) is 0 Å². The molecule has 1 aliphatic rings. The number of methoxy groups -OCH3 is 1. The van der Waals surface area contributed by atoms with E-state index in [4.69, 9.17) is 9.47 Å². The highest BCUT2D eigenvalue weighted by Gasteiger charge is 2.28. The van der Waals surface area contributed by atoms with Crippen LogP contribution in [0.5, 0.6) is 11.5 Å². The summed E-state index contributed by atoms with van der Waals surface area (Å²) in [4.78, 5) is 16.8. The summed E-state index contributed by atoms with van der Waals surface area (Å²) >= 11 is 0. The number of anilines is 1. The lowest BCUT2D eigenvalue weighted by Gasteiger charge is -2.37. The first-order chi connectivity index (χ1) is 18.3. The number of halogens is 1. The summed E-state index contributed by atoms with van der Waals surface area (Å²) in [5.41, 5.74) is 1.48. The molecule has 202 valence electrons. The van der Waals surface area contributed by atoms with Gasteiger partial charge in [-0.1, -0.05) is 30.3 Å². The first kappa shape index (κ1) is 27.4. The van der Waals surface area contributed by atoms with Crippen molar-refractivity contribution in [2.75, 3.05) is 44.7 Å². The summed E-state index contributed by atoms with van der Waals surface area (Å²) in [6.45, 7) is 3.89. The molecule has 38 heavy (non-hydrogen) atoms. The monoisotopic (exact) mass is 541 g/mol. The maximum Gasteiger partial charge on any atom is 0.263 e. The third kappa shape index (κ3) is 6.81. The van der Waals surface area contributed by atoms with Gasteiger partial charge in [-0.25, -0.2) is 17.5 Å². The number of carbonyl (C=O) groups is 1. The number of carbonyl (C=O) groups excluding carboxylic acids is 1. The average molecular weight is 542 g/mol. The Morgan fingerprint density at radius 3 is 2.34 bits per heavy atom. The van der Waals surface area contributed by atoms with Gasteiger partial charge in [-0.05, 0) is 61.4 Å². The number of amides is 1. The third-order valence-electron chi connectivity index (χ3n) is 6.42. The van der Waals surface area contributed by atoms with E-state index in [0.717, 1.165) is 5.56 Å². The molecule has 1 atom stereocenters. The van der Waals surface area contributed by atoms with E-state index in [1.54, 1.807) is 36.1 Å². The van der Waals surface area contributed by atoms with Crippen molar-refractivity contribution in [1.82, 2.24) is 9.62 Å². The highest BCUT2D eigenvalue weighted by atomic mass is 32.2. The van der Waals surface area contributed by atoms with E-state index in [0.29, 0.717) is 49.8 Å². The SMILES string of the molecule is COc1ccc(S(=O)(=O)NCCc2ccc(F)cc2)cc1N1CCN(C(=O)[C@@H](C)Oc2ccccc2)CC1. The molecule has 0 saturated carbocycles. The number of nitrogens with zero attached hydrogens (tertiary/aromatic N) is 2. The fourth-order valence-electron chi connectivity index (χ4n) is 4.33. The van der Waals surface area contributed by atoms with Crippen molar-refractivity contribution in [2.45, 2.75) is 24.3 Å². The summed E-state index contributed by atoms with van der Waals surface area (Å²) in [6.07, 6.45) is -0.182. The molecule has 4 rings (SSSR count). The molecule has 3 aromatic rings. The lowest BCUT2D eigenvalue weighted by Crippen LogP contribution is -2.52. The van der Waals surface area contributed by atoms with E-state index in [1.165, 1.54) is 25.3 Å². The highest BCUT2D eigenvalue weighted by Crippen LogP contribution is 2.32. The van der Waals surface area contributed by atoms with Gasteiger partial charge in [0.1, 0.15) is 17.3 Å². The van der Waals surface area contributed by atoms with Crippen molar-refractivity contribution in [2.24, 2.45) is 0 Å². The van der Waals surface area contributed by atoms with Gasteiger partial charge in [0.25, 0.3) is 5.91 Å². The molecule has 1 amide bonds. The molecule has 0 radical (unpaired) electrons. The zero-order valence-corrected chi connectivity index (χ0v) is 22.3. The predicted molar refractivity (Wildman–Crippen MR) is 144 cm³/mol. The van der Waals surface area contributed by atoms with E-state index in [9.17, 15) is 17.6 Å². The van der Waals surface area contributed by atoms with E-state index < -0.39 is 16.1 Å². The lowest BCUT2D eigenvalue weighted by atomic mass is 10.1.